The van der Waals surface area contributed by atoms with Crippen LogP contribution in [-0.2, 0) is 0 Å². The zero-order chi connectivity index (χ0) is 15.0. The van der Waals surface area contributed by atoms with Crippen LogP contribution in [0.5, 0.6) is 0 Å². The van der Waals surface area contributed by atoms with Crippen molar-refractivity contribution in [3.63, 3.8) is 0 Å². The third-order valence-electron chi connectivity index (χ3n) is 3.27. The van der Waals surface area contributed by atoms with Gasteiger partial charge in [-0.05, 0) is 23.6 Å². The van der Waals surface area contributed by atoms with Crippen molar-refractivity contribution in [1.82, 2.24) is 4.98 Å². The smallest absolute Gasteiger partial charge is 0.193 e. The van der Waals surface area contributed by atoms with Gasteiger partial charge in [0.1, 0.15) is 0 Å². The molecule has 0 saturated heterocycles. The van der Waals surface area contributed by atoms with Crippen molar-refractivity contribution >= 4 is 45.4 Å². The molecule has 0 aliphatic heterocycles. The monoisotopic (exact) mass is 316 g/mol. The van der Waals surface area contributed by atoms with Crippen LogP contribution < -0.4 is 5.73 Å². The number of nitrogen functional groups attached to an aromatic ring is 1. The number of pyridine rings is 1. The van der Waals surface area contributed by atoms with Gasteiger partial charge in [-0.25, -0.2) is 0 Å². The summed E-state index contributed by atoms with van der Waals surface area (Å²) in [6.45, 7) is 0. The van der Waals surface area contributed by atoms with Crippen molar-refractivity contribution in [1.29, 1.82) is 0 Å². The lowest BCUT2D eigenvalue weighted by Crippen LogP contribution is -2.03. The highest BCUT2D eigenvalue weighted by Gasteiger charge is 2.15. The number of benzene rings is 2. The summed E-state index contributed by atoms with van der Waals surface area (Å²) in [4.78, 5) is 16.8. The van der Waals surface area contributed by atoms with Gasteiger partial charge in [-0.3, -0.25) is 9.78 Å². The summed E-state index contributed by atoms with van der Waals surface area (Å²) in [6.07, 6.45) is 3.36. The van der Waals surface area contributed by atoms with Crippen molar-refractivity contribution in [2.24, 2.45) is 0 Å². The number of nitrogens with two attached hydrogens (primary N) is 1. The van der Waals surface area contributed by atoms with Crippen molar-refractivity contribution in [3.05, 3.63) is 70.0 Å². The minimum Gasteiger partial charge on any atom is -0.396 e. The van der Waals surface area contributed by atoms with E-state index in [0.29, 0.717) is 11.1 Å². The Hall–Kier alpha value is -2.10. The van der Waals surface area contributed by atoms with Gasteiger partial charge in [0, 0.05) is 28.9 Å². The molecule has 0 unspecified atom stereocenters. The Morgan fingerprint density at radius 3 is 2.52 bits per heavy atom. The van der Waals surface area contributed by atoms with Crippen molar-refractivity contribution in [2.45, 2.75) is 0 Å². The number of anilines is 1. The zero-order valence-electron chi connectivity index (χ0n) is 10.8. The van der Waals surface area contributed by atoms with Crippen molar-refractivity contribution in [2.75, 3.05) is 5.73 Å². The molecule has 0 amide bonds. The van der Waals surface area contributed by atoms with Crippen LogP contribution in [0.25, 0.3) is 10.8 Å². The Balaban J connectivity index is 2.17. The lowest BCUT2D eigenvalue weighted by Gasteiger charge is -2.08. The summed E-state index contributed by atoms with van der Waals surface area (Å²) in [7, 11) is 0. The fraction of sp³-hybridized carbons (Fsp3) is 0. The molecule has 104 valence electrons. The van der Waals surface area contributed by atoms with E-state index in [1.165, 1.54) is 12.1 Å². The number of hydrogen-bond donors (Lipinski definition) is 1. The highest BCUT2D eigenvalue weighted by atomic mass is 35.5. The Morgan fingerprint density at radius 1 is 1.10 bits per heavy atom. The van der Waals surface area contributed by atoms with Gasteiger partial charge in [0.2, 0.25) is 0 Å². The molecule has 2 N–H and O–H groups in total. The van der Waals surface area contributed by atoms with E-state index < -0.39 is 0 Å². The number of halogens is 2. The number of carbonyl (C=O) groups excluding carboxylic acids is 1. The van der Waals surface area contributed by atoms with Crippen LogP contribution in [0.2, 0.25) is 10.0 Å². The average Bonchev–Trinajstić information content (AvgIpc) is 2.51. The number of nitrogens with zero attached hydrogens (tertiary/aromatic N) is 1. The van der Waals surface area contributed by atoms with E-state index in [-0.39, 0.29) is 21.5 Å². The second-order valence-corrected chi connectivity index (χ2v) is 5.40. The summed E-state index contributed by atoms with van der Waals surface area (Å²) in [5.41, 5.74) is 6.92. The van der Waals surface area contributed by atoms with Crippen LogP contribution in [0.1, 0.15) is 15.9 Å². The molecular formula is C16H10Cl2N2O. The van der Waals surface area contributed by atoms with Crippen LogP contribution in [0.15, 0.2) is 48.8 Å². The minimum atomic E-state index is -0.169. The molecule has 3 nitrogen and oxygen atoms in total. The van der Waals surface area contributed by atoms with Gasteiger partial charge in [-0.2, -0.15) is 0 Å². The van der Waals surface area contributed by atoms with Gasteiger partial charge in [0.05, 0.1) is 15.7 Å². The first-order valence-corrected chi connectivity index (χ1v) is 6.95. The molecule has 1 heterocycles. The lowest BCUT2D eigenvalue weighted by atomic mass is 9.98. The molecule has 0 atom stereocenters. The van der Waals surface area contributed by atoms with Gasteiger partial charge < -0.3 is 5.73 Å². The number of carbonyl (C=O) groups is 1. The maximum atomic E-state index is 12.7. The topological polar surface area (TPSA) is 56.0 Å². The lowest BCUT2D eigenvalue weighted by molar-refractivity contribution is 0.104. The van der Waals surface area contributed by atoms with Gasteiger partial charge in [0.15, 0.2) is 5.78 Å². The fourth-order valence-corrected chi connectivity index (χ4v) is 2.67. The molecule has 21 heavy (non-hydrogen) atoms. The van der Waals surface area contributed by atoms with Gasteiger partial charge in [-0.1, -0.05) is 41.4 Å². The summed E-state index contributed by atoms with van der Waals surface area (Å²) in [5.74, 6) is -0.169. The van der Waals surface area contributed by atoms with E-state index in [4.69, 9.17) is 28.9 Å². The van der Waals surface area contributed by atoms with Gasteiger partial charge in [-0.15, -0.1) is 0 Å². The number of fused-ring (bicyclic) bond motifs is 1. The van der Waals surface area contributed by atoms with Crippen LogP contribution in [-0.4, -0.2) is 10.8 Å². The van der Waals surface area contributed by atoms with E-state index in [2.05, 4.69) is 4.98 Å². The first-order valence-electron chi connectivity index (χ1n) is 6.20. The first kappa shape index (κ1) is 13.9. The summed E-state index contributed by atoms with van der Waals surface area (Å²) in [5, 5.41) is 2.27. The summed E-state index contributed by atoms with van der Waals surface area (Å²) < 4.78 is 0. The van der Waals surface area contributed by atoms with Crippen molar-refractivity contribution < 1.29 is 4.79 Å². The minimum absolute atomic E-state index is 0.169. The van der Waals surface area contributed by atoms with Crippen LogP contribution in [0, 0.1) is 0 Å². The second kappa shape index (κ2) is 5.35. The molecule has 2 aromatic carbocycles. The maximum Gasteiger partial charge on any atom is 0.193 e. The highest BCUT2D eigenvalue weighted by molar-refractivity contribution is 6.39. The first-order chi connectivity index (χ1) is 10.1. The van der Waals surface area contributed by atoms with Crippen LogP contribution in [0.3, 0.4) is 0 Å². The third kappa shape index (κ3) is 2.46. The fourth-order valence-electron chi connectivity index (χ4n) is 2.18. The van der Waals surface area contributed by atoms with E-state index in [1.54, 1.807) is 18.5 Å². The highest BCUT2D eigenvalue weighted by Crippen LogP contribution is 2.30. The largest absolute Gasteiger partial charge is 0.396 e. The number of aromatic nitrogens is 1. The number of rotatable bonds is 2. The van der Waals surface area contributed by atoms with E-state index >= 15 is 0 Å². The van der Waals surface area contributed by atoms with Crippen LogP contribution in [0.4, 0.5) is 5.69 Å². The Morgan fingerprint density at radius 2 is 1.81 bits per heavy atom. The molecule has 0 aliphatic carbocycles. The molecular weight excluding hydrogens is 307 g/mol. The predicted octanol–water partition coefficient (Wildman–Crippen LogP) is 4.35. The molecule has 0 spiro atoms. The molecule has 0 fully saturated rings. The van der Waals surface area contributed by atoms with E-state index in [9.17, 15) is 4.79 Å². The molecule has 0 bridgehead atoms. The Bertz CT molecular complexity index is 834. The average molecular weight is 317 g/mol. The maximum absolute atomic E-state index is 12.7. The van der Waals surface area contributed by atoms with Crippen LogP contribution >= 0.6 is 23.2 Å². The Labute approximate surface area is 131 Å². The normalized spacial score (nSPS) is 10.8. The molecule has 3 rings (SSSR count). The molecule has 0 saturated carbocycles. The summed E-state index contributed by atoms with van der Waals surface area (Å²) >= 11 is 12.0. The number of ketones is 1. The third-order valence-corrected chi connectivity index (χ3v) is 3.89. The summed E-state index contributed by atoms with van der Waals surface area (Å²) in [6, 6.07) is 10.4. The van der Waals surface area contributed by atoms with E-state index in [0.717, 1.165) is 10.8 Å². The SMILES string of the molecule is Nc1c(Cl)cc(C(=O)c2cccc3ccncc23)cc1Cl. The molecule has 3 aromatic rings. The van der Waals surface area contributed by atoms with Crippen molar-refractivity contribution in [3.8, 4) is 0 Å². The van der Waals surface area contributed by atoms with Gasteiger partial charge >= 0.3 is 0 Å². The molecule has 0 aliphatic rings. The Kier molecular flexibility index (Phi) is 3.53. The zero-order valence-corrected chi connectivity index (χ0v) is 12.3. The number of hydrogen-bond acceptors (Lipinski definition) is 3. The predicted molar refractivity (Wildman–Crippen MR) is 86.0 cm³/mol. The molecule has 1 aromatic heterocycles. The standard InChI is InChI=1S/C16H10Cl2N2O/c17-13-6-10(7-14(18)15(13)19)16(21)11-3-1-2-9-4-5-20-8-12(9)11/h1-8H,19H2. The second-order valence-electron chi connectivity index (χ2n) is 4.59. The van der Waals surface area contributed by atoms with E-state index in [1.807, 2.05) is 18.2 Å². The van der Waals surface area contributed by atoms with Gasteiger partial charge in [0.25, 0.3) is 0 Å². The molecule has 5 heteroatoms. The quantitative estimate of drug-likeness (QED) is 0.564. The molecule has 0 radical (unpaired) electrons.